The maximum absolute atomic E-state index is 13.5. The number of ether oxygens (including phenoxy) is 1. The summed E-state index contributed by atoms with van der Waals surface area (Å²) in [5.41, 5.74) is 4.71. The van der Waals surface area contributed by atoms with Gasteiger partial charge in [0.15, 0.2) is 0 Å². The first-order valence-corrected chi connectivity index (χ1v) is 13.4. The van der Waals surface area contributed by atoms with Gasteiger partial charge in [-0.15, -0.1) is 0 Å². The maximum Gasteiger partial charge on any atom is 0.305 e. The van der Waals surface area contributed by atoms with E-state index in [0.717, 1.165) is 27.8 Å². The first-order chi connectivity index (χ1) is 17.4. The summed E-state index contributed by atoms with van der Waals surface area (Å²) in [6, 6.07) is 22.0. The molecule has 3 aromatic carbocycles. The van der Waals surface area contributed by atoms with E-state index in [0.29, 0.717) is 18.5 Å². The van der Waals surface area contributed by atoms with Crippen LogP contribution in [0.25, 0.3) is 0 Å². The van der Waals surface area contributed by atoms with Crippen molar-refractivity contribution < 1.29 is 19.4 Å². The molecule has 0 radical (unpaired) electrons. The molecular formula is C31H34BrNO4. The van der Waals surface area contributed by atoms with Crippen molar-refractivity contribution in [3.63, 3.8) is 0 Å². The topological polar surface area (TPSA) is 66.8 Å². The lowest BCUT2D eigenvalue weighted by molar-refractivity contribution is -0.137. The summed E-state index contributed by atoms with van der Waals surface area (Å²) in [5.74, 6) is -0.314. The molecule has 0 saturated carbocycles. The second-order valence-electron chi connectivity index (χ2n) is 11.2. The number of rotatable bonds is 8. The zero-order valence-corrected chi connectivity index (χ0v) is 23.5. The summed E-state index contributed by atoms with van der Waals surface area (Å²) in [6.45, 7) is 9.21. The van der Waals surface area contributed by atoms with Crippen molar-refractivity contribution in [2.24, 2.45) is 0 Å². The molecule has 0 aliphatic carbocycles. The van der Waals surface area contributed by atoms with E-state index in [1.807, 2.05) is 36.4 Å². The number of benzene rings is 3. The highest BCUT2D eigenvalue weighted by molar-refractivity contribution is 9.10. The van der Waals surface area contributed by atoms with Gasteiger partial charge >= 0.3 is 5.97 Å². The highest BCUT2D eigenvalue weighted by Gasteiger charge is 2.35. The van der Waals surface area contributed by atoms with Crippen LogP contribution in [0.15, 0.2) is 71.2 Å². The molecule has 3 aromatic rings. The van der Waals surface area contributed by atoms with Crippen LogP contribution in [0.4, 0.5) is 0 Å². The van der Waals surface area contributed by atoms with Crippen LogP contribution in [0, 0.1) is 0 Å². The van der Waals surface area contributed by atoms with Gasteiger partial charge in [-0.1, -0.05) is 73.1 Å². The van der Waals surface area contributed by atoms with Crippen molar-refractivity contribution in [2.45, 2.75) is 64.5 Å². The quantitative estimate of drug-likeness (QED) is 0.327. The summed E-state index contributed by atoms with van der Waals surface area (Å²) < 4.78 is 7.29. The number of hydrogen-bond acceptors (Lipinski definition) is 3. The Morgan fingerprint density at radius 3 is 2.41 bits per heavy atom. The molecule has 6 heteroatoms. The fraction of sp³-hybridized carbons (Fsp3) is 0.355. The van der Waals surface area contributed by atoms with Gasteiger partial charge in [0.1, 0.15) is 11.4 Å². The lowest BCUT2D eigenvalue weighted by atomic mass is 9.85. The highest BCUT2D eigenvalue weighted by Crippen LogP contribution is 2.38. The first kappa shape index (κ1) is 26.9. The smallest absolute Gasteiger partial charge is 0.305 e. The molecule has 1 amide bonds. The fourth-order valence-electron chi connectivity index (χ4n) is 4.83. The summed E-state index contributed by atoms with van der Waals surface area (Å²) >= 11 is 3.46. The minimum absolute atomic E-state index is 0.111. The van der Waals surface area contributed by atoms with E-state index in [1.54, 1.807) is 11.0 Å². The van der Waals surface area contributed by atoms with Gasteiger partial charge < -0.3 is 14.7 Å². The Labute approximate surface area is 227 Å². The van der Waals surface area contributed by atoms with Gasteiger partial charge in [0.2, 0.25) is 0 Å². The molecule has 1 heterocycles. The SMILES string of the molecule is CC(C)(C)c1ccc(C[C@@]2(C)Cc3cc(C(=O)N(CCC(=O)O)Cc4cccc(Br)c4)ccc3O2)cc1. The predicted molar refractivity (Wildman–Crippen MR) is 149 cm³/mol. The third kappa shape index (κ3) is 6.80. The lowest BCUT2D eigenvalue weighted by Gasteiger charge is -2.25. The van der Waals surface area contributed by atoms with E-state index in [9.17, 15) is 14.7 Å². The van der Waals surface area contributed by atoms with Gasteiger partial charge in [-0.3, -0.25) is 9.59 Å². The minimum Gasteiger partial charge on any atom is -0.487 e. The molecule has 37 heavy (non-hydrogen) atoms. The van der Waals surface area contributed by atoms with Crippen LogP contribution in [0.5, 0.6) is 5.75 Å². The van der Waals surface area contributed by atoms with Crippen LogP contribution >= 0.6 is 15.9 Å². The Morgan fingerprint density at radius 2 is 1.76 bits per heavy atom. The van der Waals surface area contributed by atoms with E-state index in [-0.39, 0.29) is 24.3 Å². The molecule has 1 atom stereocenters. The molecule has 0 unspecified atom stereocenters. The number of carbonyl (C=O) groups is 2. The molecular weight excluding hydrogens is 530 g/mol. The fourth-order valence-corrected chi connectivity index (χ4v) is 5.28. The molecule has 0 aromatic heterocycles. The molecule has 1 aliphatic rings. The van der Waals surface area contributed by atoms with E-state index >= 15 is 0 Å². The van der Waals surface area contributed by atoms with Gasteiger partial charge in [0, 0.05) is 36.0 Å². The molecule has 0 bridgehead atoms. The number of carboxylic acids is 1. The number of carboxylic acid groups (broad SMARTS) is 1. The second kappa shape index (κ2) is 10.7. The van der Waals surface area contributed by atoms with Gasteiger partial charge in [-0.2, -0.15) is 0 Å². The van der Waals surface area contributed by atoms with E-state index in [1.165, 1.54) is 11.1 Å². The second-order valence-corrected chi connectivity index (χ2v) is 12.1. The Morgan fingerprint density at radius 1 is 1.03 bits per heavy atom. The number of aliphatic carboxylic acids is 1. The van der Waals surface area contributed by atoms with Crippen molar-refractivity contribution in [2.75, 3.05) is 6.54 Å². The van der Waals surface area contributed by atoms with Crippen LogP contribution in [0.3, 0.4) is 0 Å². The summed E-state index contributed by atoms with van der Waals surface area (Å²) in [4.78, 5) is 26.3. The average Bonchev–Trinajstić information content (AvgIpc) is 3.15. The Balaban J connectivity index is 1.50. The van der Waals surface area contributed by atoms with Gasteiger partial charge in [0.05, 0.1) is 6.42 Å². The number of amides is 1. The molecule has 194 valence electrons. The standard InChI is InChI=1S/C31H34BrNO4/c1-30(2,3)25-11-8-21(9-12-25)18-31(4)19-24-17-23(10-13-27(24)37-31)29(36)33(15-14-28(34)35)20-22-6-5-7-26(32)16-22/h5-13,16-17H,14-15,18-20H2,1-4H3,(H,34,35)/t31-/m0/s1. The Kier molecular flexibility index (Phi) is 7.79. The zero-order chi connectivity index (χ0) is 26.8. The molecule has 5 nitrogen and oxygen atoms in total. The van der Waals surface area contributed by atoms with Crippen molar-refractivity contribution in [3.8, 4) is 5.75 Å². The number of nitrogens with zero attached hydrogens (tertiary/aromatic N) is 1. The van der Waals surface area contributed by atoms with Gasteiger partial charge in [-0.05, 0) is 64.9 Å². The normalized spacial score (nSPS) is 16.7. The minimum atomic E-state index is -0.930. The van der Waals surface area contributed by atoms with Crippen LogP contribution in [-0.4, -0.2) is 34.0 Å². The van der Waals surface area contributed by atoms with Crippen LogP contribution < -0.4 is 4.74 Å². The summed E-state index contributed by atoms with van der Waals surface area (Å²) in [6.07, 6.45) is 1.36. The number of halogens is 1. The highest BCUT2D eigenvalue weighted by atomic mass is 79.9. The number of carbonyl (C=O) groups excluding carboxylic acids is 1. The average molecular weight is 565 g/mol. The largest absolute Gasteiger partial charge is 0.487 e. The van der Waals surface area contributed by atoms with Crippen LogP contribution in [-0.2, 0) is 29.6 Å². The predicted octanol–water partition coefficient (Wildman–Crippen LogP) is 6.80. The van der Waals surface area contributed by atoms with Crippen molar-refractivity contribution in [3.05, 3.63) is 99.0 Å². The van der Waals surface area contributed by atoms with Gasteiger partial charge in [-0.25, -0.2) is 0 Å². The van der Waals surface area contributed by atoms with Crippen molar-refractivity contribution >= 4 is 27.8 Å². The van der Waals surface area contributed by atoms with Gasteiger partial charge in [0.25, 0.3) is 5.91 Å². The lowest BCUT2D eigenvalue weighted by Crippen LogP contribution is -2.33. The van der Waals surface area contributed by atoms with E-state index in [4.69, 9.17) is 4.74 Å². The summed E-state index contributed by atoms with van der Waals surface area (Å²) in [7, 11) is 0. The zero-order valence-electron chi connectivity index (χ0n) is 21.9. The van der Waals surface area contributed by atoms with Crippen LogP contribution in [0.1, 0.15) is 66.7 Å². The van der Waals surface area contributed by atoms with E-state index < -0.39 is 11.6 Å². The van der Waals surface area contributed by atoms with Crippen molar-refractivity contribution in [1.82, 2.24) is 4.90 Å². The third-order valence-corrected chi connectivity index (χ3v) is 7.26. The molecule has 0 saturated heterocycles. The first-order valence-electron chi connectivity index (χ1n) is 12.6. The van der Waals surface area contributed by atoms with E-state index in [2.05, 4.69) is 67.9 Å². The summed E-state index contributed by atoms with van der Waals surface area (Å²) in [5, 5.41) is 9.22. The number of fused-ring (bicyclic) bond motifs is 1. The molecule has 1 N–H and O–H groups in total. The number of hydrogen-bond donors (Lipinski definition) is 1. The molecule has 0 fully saturated rings. The molecule has 1 aliphatic heterocycles. The molecule has 4 rings (SSSR count). The molecule has 0 spiro atoms. The van der Waals surface area contributed by atoms with Crippen LogP contribution in [0.2, 0.25) is 0 Å². The Hall–Kier alpha value is -3.12. The van der Waals surface area contributed by atoms with Crippen molar-refractivity contribution in [1.29, 1.82) is 0 Å². The Bertz CT molecular complexity index is 1300. The third-order valence-electron chi connectivity index (χ3n) is 6.77. The maximum atomic E-state index is 13.5. The monoisotopic (exact) mass is 563 g/mol.